The largest absolute Gasteiger partial charge is 0.494 e. The van der Waals surface area contributed by atoms with Crippen LogP contribution in [0.3, 0.4) is 0 Å². The van der Waals surface area contributed by atoms with Gasteiger partial charge in [-0.2, -0.15) is 0 Å². The molecule has 1 amide bonds. The molecule has 168 valence electrons. The van der Waals surface area contributed by atoms with Crippen molar-refractivity contribution >= 4 is 15.7 Å². The molecule has 9 heteroatoms. The predicted octanol–water partition coefficient (Wildman–Crippen LogP) is 3.71. The molecule has 3 aromatic rings. The van der Waals surface area contributed by atoms with E-state index in [4.69, 9.17) is 9.26 Å². The number of benzene rings is 2. The zero-order valence-electron chi connectivity index (χ0n) is 17.5. The highest BCUT2D eigenvalue weighted by Gasteiger charge is 2.36. The summed E-state index contributed by atoms with van der Waals surface area (Å²) >= 11 is 0. The van der Waals surface area contributed by atoms with Crippen LogP contribution in [0, 0.1) is 5.82 Å². The first-order valence-electron chi connectivity index (χ1n) is 10.3. The normalized spacial score (nSPS) is 17.2. The third-order valence-corrected chi connectivity index (χ3v) is 7.11. The van der Waals surface area contributed by atoms with Crippen LogP contribution in [0.1, 0.15) is 29.4 Å². The van der Waals surface area contributed by atoms with Crippen molar-refractivity contribution in [3.63, 3.8) is 0 Å². The van der Waals surface area contributed by atoms with Crippen molar-refractivity contribution in [3.05, 3.63) is 71.7 Å². The number of amides is 1. The number of aromatic nitrogens is 1. The smallest absolute Gasteiger partial charge is 0.276 e. The Morgan fingerprint density at radius 2 is 1.91 bits per heavy atom. The van der Waals surface area contributed by atoms with Crippen LogP contribution in [-0.2, 0) is 16.4 Å². The zero-order valence-corrected chi connectivity index (χ0v) is 18.3. The van der Waals surface area contributed by atoms with Gasteiger partial charge in [-0.1, -0.05) is 17.3 Å². The maximum atomic E-state index is 13.3. The Kier molecular flexibility index (Phi) is 6.27. The zero-order chi connectivity index (χ0) is 22.7. The highest BCUT2D eigenvalue weighted by Crippen LogP contribution is 2.26. The number of hydrogen-bond acceptors (Lipinski definition) is 6. The summed E-state index contributed by atoms with van der Waals surface area (Å²) in [6.45, 7) is 2.60. The molecule has 0 bridgehead atoms. The minimum absolute atomic E-state index is 0.0289. The molecule has 1 atom stereocenters. The fourth-order valence-corrected chi connectivity index (χ4v) is 5.45. The van der Waals surface area contributed by atoms with Gasteiger partial charge in [-0.15, -0.1) is 0 Å². The highest BCUT2D eigenvalue weighted by molar-refractivity contribution is 7.91. The van der Waals surface area contributed by atoms with Gasteiger partial charge in [-0.3, -0.25) is 4.79 Å². The number of ether oxygens (including phenoxy) is 1. The summed E-state index contributed by atoms with van der Waals surface area (Å²) in [5, 5.41) is 3.93. The number of halogens is 1. The minimum Gasteiger partial charge on any atom is -0.494 e. The van der Waals surface area contributed by atoms with Crippen LogP contribution in [0.2, 0.25) is 0 Å². The first kappa shape index (κ1) is 22.0. The third-order valence-electron chi connectivity index (χ3n) is 5.36. The molecule has 2 heterocycles. The summed E-state index contributed by atoms with van der Waals surface area (Å²) in [5.74, 6) is 0.242. The second-order valence-corrected chi connectivity index (χ2v) is 9.88. The van der Waals surface area contributed by atoms with Gasteiger partial charge in [0.15, 0.2) is 21.3 Å². The van der Waals surface area contributed by atoms with Crippen molar-refractivity contribution in [2.75, 3.05) is 18.1 Å². The molecule has 0 spiro atoms. The van der Waals surface area contributed by atoms with E-state index in [-0.39, 0.29) is 29.6 Å². The number of sulfone groups is 1. The summed E-state index contributed by atoms with van der Waals surface area (Å²) in [7, 11) is -3.21. The van der Waals surface area contributed by atoms with Crippen LogP contribution >= 0.6 is 0 Å². The molecule has 0 aliphatic carbocycles. The Morgan fingerprint density at radius 1 is 1.19 bits per heavy atom. The minimum atomic E-state index is -3.21. The molecule has 1 aliphatic heterocycles. The van der Waals surface area contributed by atoms with E-state index >= 15 is 0 Å². The second-order valence-electron chi connectivity index (χ2n) is 7.65. The Bertz CT molecular complexity index is 1190. The number of carbonyl (C=O) groups is 1. The topological polar surface area (TPSA) is 89.7 Å². The van der Waals surface area contributed by atoms with Crippen LogP contribution < -0.4 is 4.74 Å². The molecule has 0 unspecified atom stereocenters. The van der Waals surface area contributed by atoms with E-state index in [2.05, 4.69) is 5.16 Å². The Morgan fingerprint density at radius 3 is 2.53 bits per heavy atom. The summed E-state index contributed by atoms with van der Waals surface area (Å²) in [4.78, 5) is 14.8. The molecule has 0 radical (unpaired) electrons. The van der Waals surface area contributed by atoms with Crippen molar-refractivity contribution < 1.29 is 26.9 Å². The number of hydrogen-bond donors (Lipinski definition) is 0. The standard InChI is InChI=1S/C23H23FN2O5S/c1-2-30-20-9-5-17(6-10-20)22-13-21(25-31-22)23(27)26(19-11-12-32(28,29)15-19)14-16-3-7-18(24)8-4-16/h3-10,13,19H,2,11-12,14-15H2,1H3/t19-/m0/s1. The Hall–Kier alpha value is -3.20. The maximum absolute atomic E-state index is 13.3. The lowest BCUT2D eigenvalue weighted by molar-refractivity contribution is 0.0670. The van der Waals surface area contributed by atoms with Gasteiger partial charge in [0.25, 0.3) is 5.91 Å². The first-order chi connectivity index (χ1) is 15.3. The molecule has 32 heavy (non-hydrogen) atoms. The molecule has 1 aromatic heterocycles. The molecule has 0 N–H and O–H groups in total. The number of carbonyl (C=O) groups excluding carboxylic acids is 1. The Labute approximate surface area is 185 Å². The Balaban J connectivity index is 1.58. The van der Waals surface area contributed by atoms with Crippen molar-refractivity contribution in [3.8, 4) is 17.1 Å². The molecule has 1 aliphatic rings. The van der Waals surface area contributed by atoms with Gasteiger partial charge >= 0.3 is 0 Å². The van der Waals surface area contributed by atoms with Gasteiger partial charge in [-0.05, 0) is 55.3 Å². The van der Waals surface area contributed by atoms with Gasteiger partial charge in [0.2, 0.25) is 0 Å². The molecular weight excluding hydrogens is 435 g/mol. The molecule has 2 aromatic carbocycles. The monoisotopic (exact) mass is 458 g/mol. The molecule has 1 fully saturated rings. The third kappa shape index (κ3) is 4.99. The summed E-state index contributed by atoms with van der Waals surface area (Å²) < 4.78 is 48.2. The van der Waals surface area contributed by atoms with Crippen molar-refractivity contribution in [1.29, 1.82) is 0 Å². The maximum Gasteiger partial charge on any atom is 0.276 e. The van der Waals surface area contributed by atoms with Crippen molar-refractivity contribution in [2.24, 2.45) is 0 Å². The fraction of sp³-hybridized carbons (Fsp3) is 0.304. The van der Waals surface area contributed by atoms with E-state index in [1.165, 1.54) is 17.0 Å². The lowest BCUT2D eigenvalue weighted by Crippen LogP contribution is -2.40. The average molecular weight is 459 g/mol. The van der Waals surface area contributed by atoms with Crippen LogP contribution in [0.4, 0.5) is 4.39 Å². The van der Waals surface area contributed by atoms with Crippen LogP contribution in [0.5, 0.6) is 5.75 Å². The predicted molar refractivity (Wildman–Crippen MR) is 116 cm³/mol. The number of nitrogens with zero attached hydrogens (tertiary/aromatic N) is 2. The second kappa shape index (κ2) is 9.12. The molecule has 4 rings (SSSR count). The lowest BCUT2D eigenvalue weighted by Gasteiger charge is -2.27. The van der Waals surface area contributed by atoms with Gasteiger partial charge in [0.05, 0.1) is 18.1 Å². The summed E-state index contributed by atoms with van der Waals surface area (Å²) in [6.07, 6.45) is 0.346. The van der Waals surface area contributed by atoms with Crippen LogP contribution in [0.25, 0.3) is 11.3 Å². The summed E-state index contributed by atoms with van der Waals surface area (Å²) in [6, 6.07) is 14.0. The quantitative estimate of drug-likeness (QED) is 0.536. The lowest BCUT2D eigenvalue weighted by atomic mass is 10.1. The number of rotatable bonds is 7. The van der Waals surface area contributed by atoms with Crippen molar-refractivity contribution in [1.82, 2.24) is 10.1 Å². The SMILES string of the molecule is CCOc1ccc(-c2cc(C(=O)N(Cc3ccc(F)cc3)[C@H]3CCS(=O)(=O)C3)no2)cc1. The first-order valence-corrected chi connectivity index (χ1v) is 12.1. The van der Waals surface area contributed by atoms with E-state index in [1.54, 1.807) is 42.5 Å². The fourth-order valence-electron chi connectivity index (χ4n) is 3.72. The molecular formula is C23H23FN2O5S. The highest BCUT2D eigenvalue weighted by atomic mass is 32.2. The van der Waals surface area contributed by atoms with Gasteiger partial charge in [0.1, 0.15) is 11.6 Å². The van der Waals surface area contributed by atoms with Crippen LogP contribution in [-0.4, -0.2) is 48.5 Å². The molecule has 0 saturated carbocycles. The van der Waals surface area contributed by atoms with Crippen molar-refractivity contribution in [2.45, 2.75) is 25.9 Å². The van der Waals surface area contributed by atoms with E-state index in [0.717, 1.165) is 11.3 Å². The summed E-state index contributed by atoms with van der Waals surface area (Å²) in [5.41, 5.74) is 1.51. The van der Waals surface area contributed by atoms with E-state index < -0.39 is 21.8 Å². The van der Waals surface area contributed by atoms with Gasteiger partial charge in [-0.25, -0.2) is 12.8 Å². The van der Waals surface area contributed by atoms with E-state index in [9.17, 15) is 17.6 Å². The van der Waals surface area contributed by atoms with Gasteiger partial charge < -0.3 is 14.2 Å². The van der Waals surface area contributed by atoms with E-state index in [0.29, 0.717) is 24.4 Å². The average Bonchev–Trinajstić information content (AvgIpc) is 3.40. The molecule has 1 saturated heterocycles. The van der Waals surface area contributed by atoms with Gasteiger partial charge in [0, 0.05) is 24.2 Å². The van der Waals surface area contributed by atoms with Crippen LogP contribution in [0.15, 0.2) is 59.1 Å². The van der Waals surface area contributed by atoms with E-state index in [1.807, 2.05) is 6.92 Å². The molecule has 7 nitrogen and oxygen atoms in total.